The molecule has 1 aliphatic rings. The first kappa shape index (κ1) is 11.8. The fourth-order valence-corrected chi connectivity index (χ4v) is 2.33. The highest BCUT2D eigenvalue weighted by atomic mass is 16.3. The van der Waals surface area contributed by atoms with Crippen LogP contribution < -0.4 is 0 Å². The van der Waals surface area contributed by atoms with Crippen molar-refractivity contribution >= 4 is 0 Å². The van der Waals surface area contributed by atoms with Gasteiger partial charge >= 0.3 is 0 Å². The maximum absolute atomic E-state index is 9.96. The van der Waals surface area contributed by atoms with Gasteiger partial charge < -0.3 is 5.11 Å². The minimum atomic E-state index is -0.624. The summed E-state index contributed by atoms with van der Waals surface area (Å²) in [5.74, 6) is -0.318. The van der Waals surface area contributed by atoms with Crippen molar-refractivity contribution in [3.63, 3.8) is 0 Å². The van der Waals surface area contributed by atoms with Crippen LogP contribution in [0.25, 0.3) is 0 Å². The van der Waals surface area contributed by atoms with Gasteiger partial charge in [0.05, 0.1) is 24.1 Å². The summed E-state index contributed by atoms with van der Waals surface area (Å²) in [6.07, 6.45) is 1.10. The minimum absolute atomic E-state index is 0.125. The van der Waals surface area contributed by atoms with Gasteiger partial charge in [0.15, 0.2) is 0 Å². The van der Waals surface area contributed by atoms with Crippen LogP contribution in [0.3, 0.4) is 0 Å². The number of nitriles is 1. The molecule has 0 amide bonds. The standard InChI is InChI=1S/C14H16N2O/c1-2-13-14(17)12(8-15)10-16(13)9-11-6-4-3-5-7-11/h2-7,12-14,17H,1,9-10H2/t12-,13?,14+/m0/s1. The molecule has 3 atom stereocenters. The number of nitrogens with zero attached hydrogens (tertiary/aromatic N) is 2. The Hall–Kier alpha value is -1.63. The van der Waals surface area contributed by atoms with Crippen molar-refractivity contribution in [1.29, 1.82) is 5.26 Å². The van der Waals surface area contributed by atoms with E-state index in [1.54, 1.807) is 6.08 Å². The predicted octanol–water partition coefficient (Wildman–Crippen LogP) is 1.56. The highest BCUT2D eigenvalue weighted by Crippen LogP contribution is 2.25. The van der Waals surface area contributed by atoms with Crippen LogP contribution in [0.5, 0.6) is 0 Å². The third-order valence-electron chi connectivity index (χ3n) is 3.25. The van der Waals surface area contributed by atoms with Gasteiger partial charge in [0.2, 0.25) is 0 Å². The van der Waals surface area contributed by atoms with Crippen molar-refractivity contribution in [2.24, 2.45) is 5.92 Å². The number of hydrogen-bond acceptors (Lipinski definition) is 3. The molecule has 1 aromatic carbocycles. The van der Waals surface area contributed by atoms with Gasteiger partial charge in [-0.1, -0.05) is 36.4 Å². The van der Waals surface area contributed by atoms with Gasteiger partial charge in [0.1, 0.15) is 0 Å². The Labute approximate surface area is 102 Å². The molecule has 0 saturated carbocycles. The molecule has 1 N–H and O–H groups in total. The average molecular weight is 228 g/mol. The molecule has 0 radical (unpaired) electrons. The smallest absolute Gasteiger partial charge is 0.0901 e. The number of likely N-dealkylation sites (tertiary alicyclic amines) is 1. The molecule has 0 bridgehead atoms. The summed E-state index contributed by atoms with van der Waals surface area (Å²) >= 11 is 0. The molecule has 1 heterocycles. The Morgan fingerprint density at radius 3 is 2.76 bits per heavy atom. The Balaban J connectivity index is 2.11. The summed E-state index contributed by atoms with van der Waals surface area (Å²) in [6, 6.07) is 12.1. The lowest BCUT2D eigenvalue weighted by Crippen LogP contribution is -2.33. The number of aliphatic hydroxyl groups excluding tert-OH is 1. The molecular formula is C14H16N2O. The molecule has 1 saturated heterocycles. The van der Waals surface area contributed by atoms with Crippen LogP contribution in [-0.2, 0) is 6.54 Å². The topological polar surface area (TPSA) is 47.3 Å². The third-order valence-corrected chi connectivity index (χ3v) is 3.25. The quantitative estimate of drug-likeness (QED) is 0.799. The first-order chi connectivity index (χ1) is 8.26. The Bertz CT molecular complexity index is 424. The molecule has 3 nitrogen and oxygen atoms in total. The van der Waals surface area contributed by atoms with Crippen LogP contribution in [0.15, 0.2) is 43.0 Å². The van der Waals surface area contributed by atoms with Crippen LogP contribution in [-0.4, -0.2) is 28.7 Å². The van der Waals surface area contributed by atoms with E-state index < -0.39 is 6.10 Å². The maximum Gasteiger partial charge on any atom is 0.0901 e. The molecule has 17 heavy (non-hydrogen) atoms. The zero-order valence-corrected chi connectivity index (χ0v) is 9.66. The number of benzene rings is 1. The lowest BCUT2D eigenvalue weighted by molar-refractivity contribution is 0.126. The summed E-state index contributed by atoms with van der Waals surface area (Å²) in [4.78, 5) is 2.10. The van der Waals surface area contributed by atoms with E-state index in [-0.39, 0.29) is 12.0 Å². The summed E-state index contributed by atoms with van der Waals surface area (Å²) in [6.45, 7) is 5.09. The Morgan fingerprint density at radius 1 is 1.47 bits per heavy atom. The number of aliphatic hydroxyl groups is 1. The van der Waals surface area contributed by atoms with Gasteiger partial charge in [-0.25, -0.2) is 0 Å². The number of rotatable bonds is 3. The third kappa shape index (κ3) is 2.38. The SMILES string of the molecule is C=CC1[C@H](O)[C@@H](C#N)CN1Cc1ccccc1. The molecule has 1 aromatic rings. The monoisotopic (exact) mass is 228 g/mol. The maximum atomic E-state index is 9.96. The van der Waals surface area contributed by atoms with Crippen LogP contribution in [0, 0.1) is 17.2 Å². The second-order valence-electron chi connectivity index (χ2n) is 4.37. The fraction of sp³-hybridized carbons (Fsp3) is 0.357. The Morgan fingerprint density at radius 2 is 2.18 bits per heavy atom. The molecule has 88 valence electrons. The predicted molar refractivity (Wildman–Crippen MR) is 65.9 cm³/mol. The average Bonchev–Trinajstić information content (AvgIpc) is 2.66. The van der Waals surface area contributed by atoms with Crippen molar-refractivity contribution in [3.05, 3.63) is 48.6 Å². The van der Waals surface area contributed by atoms with Gasteiger partial charge in [0, 0.05) is 13.1 Å². The minimum Gasteiger partial charge on any atom is -0.390 e. The molecule has 1 fully saturated rings. The molecule has 3 heteroatoms. The molecule has 0 aromatic heterocycles. The second kappa shape index (κ2) is 5.13. The van der Waals surface area contributed by atoms with E-state index >= 15 is 0 Å². The van der Waals surface area contributed by atoms with E-state index in [1.165, 1.54) is 5.56 Å². The highest BCUT2D eigenvalue weighted by Gasteiger charge is 2.38. The summed E-state index contributed by atoms with van der Waals surface area (Å²) in [5, 5.41) is 18.9. The van der Waals surface area contributed by atoms with E-state index in [0.29, 0.717) is 6.54 Å². The molecule has 1 aliphatic heterocycles. The summed E-state index contributed by atoms with van der Waals surface area (Å²) < 4.78 is 0. The molecular weight excluding hydrogens is 212 g/mol. The zero-order chi connectivity index (χ0) is 12.3. The van der Waals surface area contributed by atoms with Crippen LogP contribution in [0.2, 0.25) is 0 Å². The van der Waals surface area contributed by atoms with E-state index in [1.807, 2.05) is 30.3 Å². The lowest BCUT2D eigenvalue weighted by atomic mass is 10.0. The first-order valence-corrected chi connectivity index (χ1v) is 5.74. The fourth-order valence-electron chi connectivity index (χ4n) is 2.33. The van der Waals surface area contributed by atoms with E-state index in [9.17, 15) is 5.11 Å². The van der Waals surface area contributed by atoms with Crippen molar-refractivity contribution in [2.45, 2.75) is 18.7 Å². The number of hydrogen-bond donors (Lipinski definition) is 1. The van der Waals surface area contributed by atoms with Crippen molar-refractivity contribution in [1.82, 2.24) is 4.90 Å². The van der Waals surface area contributed by atoms with Crippen LogP contribution >= 0.6 is 0 Å². The van der Waals surface area contributed by atoms with Crippen molar-refractivity contribution in [3.8, 4) is 6.07 Å². The summed E-state index contributed by atoms with van der Waals surface area (Å²) in [5.41, 5.74) is 1.19. The van der Waals surface area contributed by atoms with Gasteiger partial charge in [-0.15, -0.1) is 6.58 Å². The van der Waals surface area contributed by atoms with Crippen LogP contribution in [0.4, 0.5) is 0 Å². The molecule has 1 unspecified atom stereocenters. The lowest BCUT2D eigenvalue weighted by Gasteiger charge is -2.22. The van der Waals surface area contributed by atoms with Crippen molar-refractivity contribution < 1.29 is 5.11 Å². The van der Waals surface area contributed by atoms with Gasteiger partial charge in [-0.3, -0.25) is 4.90 Å². The second-order valence-corrected chi connectivity index (χ2v) is 4.37. The largest absolute Gasteiger partial charge is 0.390 e. The van der Waals surface area contributed by atoms with E-state index in [2.05, 4.69) is 17.5 Å². The Kier molecular flexibility index (Phi) is 3.58. The van der Waals surface area contributed by atoms with Gasteiger partial charge in [-0.2, -0.15) is 5.26 Å². The summed E-state index contributed by atoms with van der Waals surface area (Å²) in [7, 11) is 0. The van der Waals surface area contributed by atoms with Crippen LogP contribution in [0.1, 0.15) is 5.56 Å². The molecule has 0 aliphatic carbocycles. The zero-order valence-electron chi connectivity index (χ0n) is 9.66. The highest BCUT2D eigenvalue weighted by molar-refractivity contribution is 5.17. The molecule has 0 spiro atoms. The van der Waals surface area contributed by atoms with Gasteiger partial charge in [-0.05, 0) is 5.56 Å². The normalized spacial score (nSPS) is 28.8. The van der Waals surface area contributed by atoms with E-state index in [0.717, 1.165) is 6.54 Å². The van der Waals surface area contributed by atoms with Crippen molar-refractivity contribution in [2.75, 3.05) is 6.54 Å². The van der Waals surface area contributed by atoms with Gasteiger partial charge in [0.25, 0.3) is 0 Å². The molecule has 2 rings (SSSR count). The van der Waals surface area contributed by atoms with E-state index in [4.69, 9.17) is 5.26 Å². The first-order valence-electron chi connectivity index (χ1n) is 5.74.